The predicted molar refractivity (Wildman–Crippen MR) is 106 cm³/mol. The fourth-order valence-electron chi connectivity index (χ4n) is 6.97. The molecule has 6 heteroatoms. The molecule has 0 N–H and O–H groups in total. The van der Waals surface area contributed by atoms with Crippen molar-refractivity contribution >= 4 is 17.5 Å². The first-order valence-electron chi connectivity index (χ1n) is 10.7. The topological polar surface area (TPSA) is 82.8 Å². The van der Waals surface area contributed by atoms with Gasteiger partial charge in [0.25, 0.3) is 0 Å². The van der Waals surface area contributed by atoms with E-state index in [2.05, 4.69) is 6.92 Å². The van der Waals surface area contributed by atoms with E-state index in [1.165, 1.54) is 6.08 Å². The van der Waals surface area contributed by atoms with Gasteiger partial charge in [0.15, 0.2) is 5.78 Å². The van der Waals surface area contributed by atoms with E-state index in [1.807, 2.05) is 32.9 Å². The molecule has 30 heavy (non-hydrogen) atoms. The van der Waals surface area contributed by atoms with Gasteiger partial charge in [0.1, 0.15) is 17.0 Å². The Balaban J connectivity index is 1.69. The van der Waals surface area contributed by atoms with Crippen molar-refractivity contribution in [1.82, 2.24) is 0 Å². The SMILES string of the molecule is CC1(C)OC(=O)C=C[C@]2(C)[C@H]3CC[C@]4(C)C(=O)[C@@]3(CC(=O)C[C@@H]12)O[C@H]4c1ccoc1. The Kier molecular flexibility index (Phi) is 3.90. The largest absolute Gasteiger partial charge is 0.472 e. The van der Waals surface area contributed by atoms with Crippen LogP contribution in [0.5, 0.6) is 0 Å². The zero-order valence-electron chi connectivity index (χ0n) is 17.9. The van der Waals surface area contributed by atoms with Crippen LogP contribution in [-0.4, -0.2) is 28.7 Å². The van der Waals surface area contributed by atoms with Crippen molar-refractivity contribution in [2.45, 2.75) is 70.7 Å². The summed E-state index contributed by atoms with van der Waals surface area (Å²) in [6.07, 6.45) is 7.84. The number of Topliss-reactive ketones (excluding diaryl/α,β-unsaturated/α-hetero) is 2. The summed E-state index contributed by atoms with van der Waals surface area (Å²) in [5.74, 6) is -0.873. The van der Waals surface area contributed by atoms with E-state index in [0.717, 1.165) is 12.0 Å². The number of esters is 1. The van der Waals surface area contributed by atoms with Gasteiger partial charge in [-0.3, -0.25) is 9.59 Å². The molecule has 2 saturated carbocycles. The van der Waals surface area contributed by atoms with Crippen molar-refractivity contribution in [3.05, 3.63) is 36.3 Å². The summed E-state index contributed by atoms with van der Waals surface area (Å²) in [5, 5.41) is 0. The Labute approximate surface area is 176 Å². The van der Waals surface area contributed by atoms with Crippen LogP contribution in [0.25, 0.3) is 0 Å². The van der Waals surface area contributed by atoms with Crippen molar-refractivity contribution in [3.63, 3.8) is 0 Å². The van der Waals surface area contributed by atoms with Gasteiger partial charge in [-0.15, -0.1) is 0 Å². The fourth-order valence-corrected chi connectivity index (χ4v) is 6.97. The van der Waals surface area contributed by atoms with E-state index >= 15 is 0 Å². The fraction of sp³-hybridized carbons (Fsp3) is 0.625. The number of hydrogen-bond acceptors (Lipinski definition) is 6. The molecule has 4 aliphatic rings. The van der Waals surface area contributed by atoms with Crippen molar-refractivity contribution in [1.29, 1.82) is 0 Å². The minimum Gasteiger partial charge on any atom is -0.472 e. The van der Waals surface area contributed by atoms with Gasteiger partial charge in [0.2, 0.25) is 0 Å². The number of ketones is 2. The van der Waals surface area contributed by atoms with Crippen LogP contribution < -0.4 is 0 Å². The average Bonchev–Trinajstić information content (AvgIpc) is 3.17. The summed E-state index contributed by atoms with van der Waals surface area (Å²) in [6, 6.07) is 1.83. The van der Waals surface area contributed by atoms with Crippen LogP contribution in [0.4, 0.5) is 0 Å². The highest BCUT2D eigenvalue weighted by molar-refractivity contribution is 6.00. The molecule has 1 aromatic heterocycles. The number of carbonyl (C=O) groups is 3. The highest BCUT2D eigenvalue weighted by atomic mass is 16.6. The van der Waals surface area contributed by atoms with Crippen LogP contribution in [0.3, 0.4) is 0 Å². The smallest absolute Gasteiger partial charge is 0.330 e. The Bertz CT molecular complexity index is 958. The first-order valence-corrected chi connectivity index (χ1v) is 10.7. The molecular formula is C24H28O6. The summed E-state index contributed by atoms with van der Waals surface area (Å²) in [4.78, 5) is 39.5. The number of ether oxygens (including phenoxy) is 2. The number of allylic oxidation sites excluding steroid dienone is 1. The number of hydrogen-bond donors (Lipinski definition) is 0. The lowest BCUT2D eigenvalue weighted by Crippen LogP contribution is -2.57. The summed E-state index contributed by atoms with van der Waals surface area (Å²) < 4.78 is 17.6. The lowest BCUT2D eigenvalue weighted by atomic mass is 9.52. The van der Waals surface area contributed by atoms with Crippen molar-refractivity contribution in [2.24, 2.45) is 22.7 Å². The van der Waals surface area contributed by atoms with Gasteiger partial charge in [-0.2, -0.15) is 0 Å². The van der Waals surface area contributed by atoms with Crippen LogP contribution in [0.2, 0.25) is 0 Å². The summed E-state index contributed by atoms with van der Waals surface area (Å²) >= 11 is 0. The first-order chi connectivity index (χ1) is 14.0. The van der Waals surface area contributed by atoms with E-state index in [1.54, 1.807) is 12.5 Å². The third-order valence-corrected chi connectivity index (χ3v) is 8.35. The molecular weight excluding hydrogens is 384 g/mol. The van der Waals surface area contributed by atoms with E-state index < -0.39 is 34.1 Å². The van der Waals surface area contributed by atoms with E-state index in [-0.39, 0.29) is 36.2 Å². The molecule has 0 amide bonds. The number of rotatable bonds is 1. The Hall–Kier alpha value is -2.21. The monoisotopic (exact) mass is 412 g/mol. The average molecular weight is 412 g/mol. The van der Waals surface area contributed by atoms with E-state index in [9.17, 15) is 14.4 Å². The normalized spacial score (nSPS) is 44.7. The maximum Gasteiger partial charge on any atom is 0.330 e. The Morgan fingerprint density at radius 1 is 1.07 bits per heavy atom. The quantitative estimate of drug-likeness (QED) is 0.650. The van der Waals surface area contributed by atoms with Gasteiger partial charge in [0.05, 0.1) is 24.0 Å². The second-order valence-electron chi connectivity index (χ2n) is 10.5. The van der Waals surface area contributed by atoms with Crippen molar-refractivity contribution in [3.8, 4) is 0 Å². The molecule has 3 heterocycles. The third kappa shape index (κ3) is 2.37. The Morgan fingerprint density at radius 2 is 1.83 bits per heavy atom. The molecule has 3 fully saturated rings. The molecule has 0 aromatic carbocycles. The van der Waals surface area contributed by atoms with E-state index in [0.29, 0.717) is 6.42 Å². The summed E-state index contributed by atoms with van der Waals surface area (Å²) in [7, 11) is 0. The Morgan fingerprint density at radius 3 is 2.53 bits per heavy atom. The predicted octanol–water partition coefficient (Wildman–Crippen LogP) is 3.95. The van der Waals surface area contributed by atoms with Crippen molar-refractivity contribution < 1.29 is 28.3 Å². The first kappa shape index (κ1) is 19.7. The molecule has 6 nitrogen and oxygen atoms in total. The van der Waals surface area contributed by atoms with Crippen molar-refractivity contribution in [2.75, 3.05) is 0 Å². The zero-order chi connectivity index (χ0) is 21.5. The molecule has 0 radical (unpaired) electrons. The second kappa shape index (κ2) is 5.94. The van der Waals surface area contributed by atoms with Gasteiger partial charge in [-0.25, -0.2) is 4.79 Å². The standard InChI is InChI=1S/C24H28O6/c1-21(2)17-11-15(25)12-24-16(22(17,3)9-6-18(26)29-21)5-8-23(4,20(24)27)19(30-24)14-7-10-28-13-14/h6-7,9-10,13,16-17,19H,5,8,11-12H2,1-4H3/t16-,17+,19+,22-,23+,24+/m1/s1. The van der Waals surface area contributed by atoms with Gasteiger partial charge in [-0.1, -0.05) is 13.0 Å². The van der Waals surface area contributed by atoms with Gasteiger partial charge in [0, 0.05) is 36.3 Å². The lowest BCUT2D eigenvalue weighted by Gasteiger charge is -2.51. The number of carbonyl (C=O) groups excluding carboxylic acids is 3. The van der Waals surface area contributed by atoms with Crippen LogP contribution in [-0.2, 0) is 23.9 Å². The number of furan rings is 1. The number of fused-ring (bicyclic) bond motifs is 3. The van der Waals surface area contributed by atoms with Gasteiger partial charge in [-0.05, 0) is 45.1 Å². The number of cyclic esters (lactones) is 1. The summed E-state index contributed by atoms with van der Waals surface area (Å²) in [5.41, 5.74) is -2.49. The molecule has 1 aromatic rings. The molecule has 6 atom stereocenters. The molecule has 1 saturated heterocycles. The highest BCUT2D eigenvalue weighted by Crippen LogP contribution is 2.67. The maximum absolute atomic E-state index is 14.0. The van der Waals surface area contributed by atoms with E-state index in [4.69, 9.17) is 13.9 Å². The summed E-state index contributed by atoms with van der Waals surface area (Å²) in [6.45, 7) is 7.75. The molecule has 2 aliphatic carbocycles. The van der Waals surface area contributed by atoms with Gasteiger partial charge >= 0.3 is 5.97 Å². The molecule has 2 aliphatic heterocycles. The molecule has 5 rings (SSSR count). The minimum atomic E-state index is -1.19. The molecule has 160 valence electrons. The van der Waals surface area contributed by atoms with Crippen LogP contribution in [0.1, 0.15) is 65.0 Å². The maximum atomic E-state index is 14.0. The molecule has 2 bridgehead atoms. The minimum absolute atomic E-state index is 0.00960. The third-order valence-electron chi connectivity index (χ3n) is 8.35. The van der Waals surface area contributed by atoms with Crippen LogP contribution >= 0.6 is 0 Å². The highest BCUT2D eigenvalue weighted by Gasteiger charge is 2.72. The van der Waals surface area contributed by atoms with Crippen LogP contribution in [0.15, 0.2) is 35.2 Å². The van der Waals surface area contributed by atoms with Crippen LogP contribution in [0, 0.1) is 22.7 Å². The molecule has 0 unspecified atom stereocenters. The second-order valence-corrected chi connectivity index (χ2v) is 10.5. The van der Waals surface area contributed by atoms with Gasteiger partial charge < -0.3 is 13.9 Å². The zero-order valence-corrected chi connectivity index (χ0v) is 17.9. The molecule has 1 spiro atoms. The lowest BCUT2D eigenvalue weighted by molar-refractivity contribution is -0.168.